The van der Waals surface area contributed by atoms with Crippen molar-refractivity contribution in [2.24, 2.45) is 0 Å². The predicted molar refractivity (Wildman–Crippen MR) is 89.3 cm³/mol. The molecule has 0 aromatic heterocycles. The van der Waals surface area contributed by atoms with Gasteiger partial charge in [0.2, 0.25) is 0 Å². The summed E-state index contributed by atoms with van der Waals surface area (Å²) in [5.41, 5.74) is 3.02. The molecular weight excluding hydrogens is 316 g/mol. The fourth-order valence-corrected chi connectivity index (χ4v) is 3.33. The Bertz CT molecular complexity index is 751. The molecular formula is C16H16N2O4S. The van der Waals surface area contributed by atoms with Gasteiger partial charge in [0.25, 0.3) is 11.4 Å². The lowest BCUT2D eigenvalue weighted by Gasteiger charge is -2.09. The van der Waals surface area contributed by atoms with Crippen molar-refractivity contribution < 1.29 is 9.85 Å². The summed E-state index contributed by atoms with van der Waals surface area (Å²) in [5, 5.41) is 22.3. The van der Waals surface area contributed by atoms with Crippen LogP contribution in [0.5, 0.6) is 0 Å². The Morgan fingerprint density at radius 1 is 0.739 bits per heavy atom. The molecule has 2 aromatic rings. The molecule has 0 bridgehead atoms. The first-order valence-corrected chi connectivity index (χ1v) is 7.71. The predicted octanol–water partition coefficient (Wildman–Crippen LogP) is 4.89. The fourth-order valence-electron chi connectivity index (χ4n) is 2.25. The van der Waals surface area contributed by atoms with Gasteiger partial charge in [-0.25, -0.2) is 0 Å². The lowest BCUT2D eigenvalue weighted by atomic mass is 10.1. The third kappa shape index (κ3) is 3.50. The summed E-state index contributed by atoms with van der Waals surface area (Å²) in [6.45, 7) is 7.05. The first-order valence-electron chi connectivity index (χ1n) is 6.90. The van der Waals surface area contributed by atoms with E-state index >= 15 is 0 Å². The molecule has 0 fully saturated rings. The highest BCUT2D eigenvalue weighted by molar-refractivity contribution is 7.99. The van der Waals surface area contributed by atoms with Gasteiger partial charge in [-0.2, -0.15) is 0 Å². The van der Waals surface area contributed by atoms with Crippen molar-refractivity contribution >= 4 is 23.1 Å². The van der Waals surface area contributed by atoms with Crippen LogP contribution < -0.4 is 0 Å². The molecule has 0 atom stereocenters. The summed E-state index contributed by atoms with van der Waals surface area (Å²) in [4.78, 5) is 22.8. The first kappa shape index (κ1) is 17.0. The molecule has 0 aliphatic carbocycles. The zero-order chi connectivity index (χ0) is 17.3. The largest absolute Gasteiger partial charge is 0.273 e. The van der Waals surface area contributed by atoms with E-state index in [1.54, 1.807) is 13.8 Å². The lowest BCUT2D eigenvalue weighted by Crippen LogP contribution is -1.96. The Morgan fingerprint density at radius 3 is 1.39 bits per heavy atom. The van der Waals surface area contributed by atoms with Crippen molar-refractivity contribution in [3.8, 4) is 0 Å². The van der Waals surface area contributed by atoms with Crippen LogP contribution >= 0.6 is 11.8 Å². The Labute approximate surface area is 137 Å². The first-order chi connectivity index (χ1) is 10.7. The summed E-state index contributed by atoms with van der Waals surface area (Å²) in [5.74, 6) is 0. The molecule has 0 saturated carbocycles. The number of nitro groups is 2. The minimum Gasteiger partial charge on any atom is -0.258 e. The second-order valence-corrected chi connectivity index (χ2v) is 6.53. The zero-order valence-corrected chi connectivity index (χ0v) is 14.1. The van der Waals surface area contributed by atoms with Crippen LogP contribution in [0.2, 0.25) is 0 Å². The summed E-state index contributed by atoms with van der Waals surface area (Å²) in [7, 11) is 0. The van der Waals surface area contributed by atoms with Gasteiger partial charge in [-0.05, 0) is 51.0 Å². The van der Waals surface area contributed by atoms with Crippen LogP contribution in [0, 0.1) is 47.9 Å². The number of benzene rings is 2. The molecule has 0 unspecified atom stereocenters. The lowest BCUT2D eigenvalue weighted by molar-refractivity contribution is -0.385. The van der Waals surface area contributed by atoms with Gasteiger partial charge in [0.15, 0.2) is 0 Å². The van der Waals surface area contributed by atoms with Crippen LogP contribution in [0.1, 0.15) is 22.3 Å². The zero-order valence-electron chi connectivity index (χ0n) is 13.2. The minimum atomic E-state index is -0.408. The second-order valence-electron chi connectivity index (χ2n) is 5.38. The number of rotatable bonds is 4. The molecule has 23 heavy (non-hydrogen) atoms. The third-order valence-corrected chi connectivity index (χ3v) is 4.80. The highest BCUT2D eigenvalue weighted by atomic mass is 32.2. The quantitative estimate of drug-likeness (QED) is 0.588. The van der Waals surface area contributed by atoms with E-state index in [1.807, 2.05) is 26.0 Å². The average molecular weight is 332 g/mol. The van der Waals surface area contributed by atoms with E-state index < -0.39 is 9.85 Å². The number of hydrogen-bond donors (Lipinski definition) is 0. The van der Waals surface area contributed by atoms with Gasteiger partial charge in [-0.15, -0.1) is 0 Å². The van der Waals surface area contributed by atoms with Crippen molar-refractivity contribution in [3.63, 3.8) is 0 Å². The van der Waals surface area contributed by atoms with Gasteiger partial charge in [0.1, 0.15) is 0 Å². The van der Waals surface area contributed by atoms with Crippen LogP contribution in [0.4, 0.5) is 11.4 Å². The molecule has 0 spiro atoms. The SMILES string of the molecule is Cc1cc(Sc2cc(C)c(C)c([N+](=O)[O-])c2)cc([N+](=O)[O-])c1C. The average Bonchev–Trinajstić information content (AvgIpc) is 2.45. The second kappa shape index (κ2) is 6.37. The van der Waals surface area contributed by atoms with E-state index in [0.29, 0.717) is 20.9 Å². The van der Waals surface area contributed by atoms with Crippen molar-refractivity contribution in [1.29, 1.82) is 0 Å². The third-order valence-electron chi connectivity index (χ3n) is 3.86. The Balaban J connectivity index is 2.48. The van der Waals surface area contributed by atoms with Crippen molar-refractivity contribution in [2.45, 2.75) is 37.5 Å². The Morgan fingerprint density at radius 2 is 1.09 bits per heavy atom. The van der Waals surface area contributed by atoms with E-state index in [2.05, 4.69) is 0 Å². The van der Waals surface area contributed by atoms with Crippen LogP contribution in [0.25, 0.3) is 0 Å². The van der Waals surface area contributed by atoms with Gasteiger partial charge in [-0.3, -0.25) is 20.2 Å². The normalized spacial score (nSPS) is 10.6. The standard InChI is InChI=1S/C16H16N2O4S/c1-9-5-13(7-15(11(9)3)17(19)20)23-14-6-10(2)12(4)16(8-14)18(21)22/h5-8H,1-4H3. The highest BCUT2D eigenvalue weighted by Crippen LogP contribution is 2.36. The summed E-state index contributed by atoms with van der Waals surface area (Å²) in [6, 6.07) is 6.73. The minimum absolute atomic E-state index is 0.0610. The summed E-state index contributed by atoms with van der Waals surface area (Å²) < 4.78 is 0. The molecule has 0 radical (unpaired) electrons. The molecule has 120 valence electrons. The fraction of sp³-hybridized carbons (Fsp3) is 0.250. The Kier molecular flexibility index (Phi) is 4.70. The monoisotopic (exact) mass is 332 g/mol. The smallest absolute Gasteiger partial charge is 0.258 e. The van der Waals surface area contributed by atoms with Crippen LogP contribution in [0.15, 0.2) is 34.1 Å². The van der Waals surface area contributed by atoms with E-state index in [9.17, 15) is 20.2 Å². The molecule has 0 N–H and O–H groups in total. The van der Waals surface area contributed by atoms with Crippen molar-refractivity contribution in [2.75, 3.05) is 0 Å². The van der Waals surface area contributed by atoms with Gasteiger partial charge >= 0.3 is 0 Å². The van der Waals surface area contributed by atoms with E-state index in [1.165, 1.54) is 23.9 Å². The van der Waals surface area contributed by atoms with Crippen LogP contribution in [-0.4, -0.2) is 9.85 Å². The van der Waals surface area contributed by atoms with Crippen LogP contribution in [-0.2, 0) is 0 Å². The Hall–Kier alpha value is -2.41. The van der Waals surface area contributed by atoms with E-state index in [0.717, 1.165) is 11.1 Å². The van der Waals surface area contributed by atoms with E-state index in [4.69, 9.17) is 0 Å². The van der Waals surface area contributed by atoms with Crippen molar-refractivity contribution in [3.05, 3.63) is 66.7 Å². The highest BCUT2D eigenvalue weighted by Gasteiger charge is 2.17. The maximum atomic E-state index is 11.1. The summed E-state index contributed by atoms with van der Waals surface area (Å²) >= 11 is 1.29. The van der Waals surface area contributed by atoms with E-state index in [-0.39, 0.29) is 11.4 Å². The van der Waals surface area contributed by atoms with Gasteiger partial charge in [0.05, 0.1) is 9.85 Å². The molecule has 6 nitrogen and oxygen atoms in total. The number of nitrogens with zero attached hydrogens (tertiary/aromatic N) is 2. The number of hydrogen-bond acceptors (Lipinski definition) is 5. The molecule has 7 heteroatoms. The number of nitro benzene ring substituents is 2. The van der Waals surface area contributed by atoms with Crippen molar-refractivity contribution in [1.82, 2.24) is 0 Å². The van der Waals surface area contributed by atoms with Gasteiger partial charge in [0, 0.05) is 33.1 Å². The number of aryl methyl sites for hydroxylation is 2. The molecule has 0 heterocycles. The summed E-state index contributed by atoms with van der Waals surface area (Å²) in [6.07, 6.45) is 0. The van der Waals surface area contributed by atoms with Crippen LogP contribution in [0.3, 0.4) is 0 Å². The molecule has 0 saturated heterocycles. The molecule has 0 aliphatic rings. The molecule has 2 aromatic carbocycles. The maximum Gasteiger partial charge on any atom is 0.273 e. The van der Waals surface area contributed by atoms with Gasteiger partial charge in [-0.1, -0.05) is 11.8 Å². The maximum absolute atomic E-state index is 11.1. The molecule has 0 aliphatic heterocycles. The topological polar surface area (TPSA) is 86.3 Å². The molecule has 0 amide bonds. The molecule has 2 rings (SSSR count). The van der Waals surface area contributed by atoms with Gasteiger partial charge < -0.3 is 0 Å².